The molecule has 1 aliphatic heterocycles. The Bertz CT molecular complexity index is 1240. The van der Waals surface area contributed by atoms with Gasteiger partial charge in [-0.3, -0.25) is 4.57 Å². The second-order valence-corrected chi connectivity index (χ2v) is 10.8. The number of aryl methyl sites for hydroxylation is 1. The van der Waals surface area contributed by atoms with Crippen LogP contribution < -0.4 is 0 Å². The molecule has 0 atom stereocenters. The van der Waals surface area contributed by atoms with Gasteiger partial charge in [-0.1, -0.05) is 23.7 Å². The predicted molar refractivity (Wildman–Crippen MR) is 131 cm³/mol. The van der Waals surface area contributed by atoms with E-state index in [1.807, 2.05) is 25.1 Å². The van der Waals surface area contributed by atoms with Crippen LogP contribution >= 0.6 is 11.6 Å². The minimum absolute atomic E-state index is 0.238. The van der Waals surface area contributed by atoms with Crippen molar-refractivity contribution in [2.75, 3.05) is 0 Å². The number of ether oxygens (including phenoxy) is 1. The lowest BCUT2D eigenvalue weighted by atomic mass is 9.81. The zero-order chi connectivity index (χ0) is 25.4. The molecule has 3 aromatic rings. The summed E-state index contributed by atoms with van der Waals surface area (Å²) in [5.41, 5.74) is 1.20. The third-order valence-electron chi connectivity index (χ3n) is 6.54. The number of hydroxylamine groups is 2. The van der Waals surface area contributed by atoms with Crippen LogP contribution in [-0.2, 0) is 29.1 Å². The van der Waals surface area contributed by atoms with Crippen molar-refractivity contribution < 1.29 is 18.9 Å². The summed E-state index contributed by atoms with van der Waals surface area (Å²) >= 11 is 6.34. The lowest BCUT2D eigenvalue weighted by molar-refractivity contribution is -0.155. The summed E-state index contributed by atoms with van der Waals surface area (Å²) in [6.07, 6.45) is 3.78. The van der Waals surface area contributed by atoms with Gasteiger partial charge in [-0.2, -0.15) is 4.98 Å². The SMILES string of the molecule is CCc1nc(C2CCC(c3nnc4n3-c3ccc(Cl)cc3CN(OC(=O)OC(C)(C)C)C4)CC2)no1. The number of hydrogen-bond acceptors (Lipinski definition) is 9. The van der Waals surface area contributed by atoms with Gasteiger partial charge in [0, 0.05) is 23.3 Å². The van der Waals surface area contributed by atoms with E-state index < -0.39 is 11.8 Å². The Morgan fingerprint density at radius 2 is 1.89 bits per heavy atom. The first-order valence-electron chi connectivity index (χ1n) is 12.4. The molecular weight excluding hydrogens is 484 g/mol. The molecule has 5 rings (SSSR count). The summed E-state index contributed by atoms with van der Waals surface area (Å²) in [5, 5.41) is 15.4. The first-order valence-corrected chi connectivity index (χ1v) is 12.8. The van der Waals surface area contributed by atoms with Gasteiger partial charge in [0.1, 0.15) is 11.4 Å². The molecule has 2 aromatic heterocycles. The van der Waals surface area contributed by atoms with E-state index in [4.69, 9.17) is 25.7 Å². The number of carbonyl (C=O) groups is 1. The van der Waals surface area contributed by atoms with E-state index in [0.717, 1.165) is 55.0 Å². The summed E-state index contributed by atoms with van der Waals surface area (Å²) in [6, 6.07) is 5.72. The molecule has 11 heteroatoms. The highest BCUT2D eigenvalue weighted by Gasteiger charge is 2.33. The molecule has 0 unspecified atom stereocenters. The number of rotatable bonds is 4. The maximum atomic E-state index is 12.4. The Labute approximate surface area is 214 Å². The molecule has 0 bridgehead atoms. The molecule has 2 aliphatic rings. The number of aromatic nitrogens is 5. The number of hydrogen-bond donors (Lipinski definition) is 0. The van der Waals surface area contributed by atoms with E-state index in [0.29, 0.717) is 29.2 Å². The maximum Gasteiger partial charge on any atom is 0.528 e. The van der Waals surface area contributed by atoms with Crippen molar-refractivity contribution >= 4 is 17.8 Å². The van der Waals surface area contributed by atoms with Crippen LogP contribution in [0.4, 0.5) is 4.79 Å². The van der Waals surface area contributed by atoms with E-state index in [2.05, 4.69) is 24.9 Å². The number of fused-ring (bicyclic) bond motifs is 3. The highest BCUT2D eigenvalue weighted by Crippen LogP contribution is 2.41. The summed E-state index contributed by atoms with van der Waals surface area (Å²) < 4.78 is 12.8. The highest BCUT2D eigenvalue weighted by atomic mass is 35.5. The van der Waals surface area contributed by atoms with Crippen LogP contribution in [0.1, 0.15) is 94.1 Å². The zero-order valence-electron chi connectivity index (χ0n) is 21.0. The van der Waals surface area contributed by atoms with Gasteiger partial charge in [-0.05, 0) is 70.2 Å². The van der Waals surface area contributed by atoms with Gasteiger partial charge < -0.3 is 14.1 Å². The normalized spacial score (nSPS) is 20.4. The quantitative estimate of drug-likeness (QED) is 0.417. The molecule has 36 heavy (non-hydrogen) atoms. The standard InChI is InChI=1S/C25H31ClN6O4/c1-5-21-27-22(30-35-21)15-6-8-16(9-7-15)23-29-28-20-14-31(36-24(33)34-25(2,3)4)13-17-12-18(26)10-11-19(17)32(20)23/h10-12,15-16H,5-9,13-14H2,1-4H3. The third kappa shape index (κ3) is 5.24. The number of benzene rings is 1. The molecule has 192 valence electrons. The van der Waals surface area contributed by atoms with Crippen molar-refractivity contribution in [1.29, 1.82) is 0 Å². The van der Waals surface area contributed by atoms with Gasteiger partial charge in [0.05, 0.1) is 18.8 Å². The van der Waals surface area contributed by atoms with Crippen molar-refractivity contribution in [2.24, 2.45) is 0 Å². The summed E-state index contributed by atoms with van der Waals surface area (Å²) in [6.45, 7) is 8.02. The Kier molecular flexibility index (Phi) is 6.74. The molecule has 10 nitrogen and oxygen atoms in total. The van der Waals surface area contributed by atoms with E-state index >= 15 is 0 Å². The second-order valence-electron chi connectivity index (χ2n) is 10.4. The van der Waals surface area contributed by atoms with Crippen molar-refractivity contribution in [3.63, 3.8) is 0 Å². The molecule has 3 heterocycles. The Balaban J connectivity index is 1.39. The topological polar surface area (TPSA) is 108 Å². The monoisotopic (exact) mass is 514 g/mol. The van der Waals surface area contributed by atoms with Crippen LogP contribution in [-0.4, -0.2) is 41.7 Å². The lowest BCUT2D eigenvalue weighted by Crippen LogP contribution is -2.31. The van der Waals surface area contributed by atoms with Gasteiger partial charge in [-0.15, -0.1) is 15.3 Å². The first-order chi connectivity index (χ1) is 17.2. The maximum absolute atomic E-state index is 12.4. The molecule has 1 aromatic carbocycles. The Morgan fingerprint density at radius 1 is 1.14 bits per heavy atom. The van der Waals surface area contributed by atoms with E-state index in [1.54, 1.807) is 25.8 Å². The average Bonchev–Trinajstić information content (AvgIpc) is 3.42. The van der Waals surface area contributed by atoms with Gasteiger partial charge in [0.25, 0.3) is 0 Å². The number of carbonyl (C=O) groups excluding carboxylic acids is 1. The molecule has 1 aliphatic carbocycles. The smallest absolute Gasteiger partial charge is 0.427 e. The van der Waals surface area contributed by atoms with E-state index in [-0.39, 0.29) is 12.5 Å². The first kappa shape index (κ1) is 24.7. The predicted octanol–water partition coefficient (Wildman–Crippen LogP) is 5.49. The minimum Gasteiger partial charge on any atom is -0.427 e. The van der Waals surface area contributed by atoms with Gasteiger partial charge >= 0.3 is 6.16 Å². The number of nitrogens with zero attached hydrogens (tertiary/aromatic N) is 6. The summed E-state index contributed by atoms with van der Waals surface area (Å²) in [5.74, 6) is 3.63. The fourth-order valence-electron chi connectivity index (χ4n) is 4.89. The summed E-state index contributed by atoms with van der Waals surface area (Å²) in [7, 11) is 0. The Hall–Kier alpha value is -2.98. The fraction of sp³-hybridized carbons (Fsp3) is 0.560. The second kappa shape index (κ2) is 9.82. The van der Waals surface area contributed by atoms with Crippen molar-refractivity contribution in [2.45, 2.75) is 90.3 Å². The van der Waals surface area contributed by atoms with Crippen molar-refractivity contribution in [1.82, 2.24) is 30.0 Å². The molecule has 1 saturated carbocycles. The minimum atomic E-state index is -0.759. The average molecular weight is 515 g/mol. The zero-order valence-corrected chi connectivity index (χ0v) is 21.8. The molecular formula is C25H31ClN6O4. The van der Waals surface area contributed by atoms with Crippen molar-refractivity contribution in [3.05, 3.63) is 52.1 Å². The highest BCUT2D eigenvalue weighted by molar-refractivity contribution is 6.30. The summed E-state index contributed by atoms with van der Waals surface area (Å²) in [4.78, 5) is 22.5. The molecule has 0 N–H and O–H groups in total. The van der Waals surface area contributed by atoms with Crippen LogP contribution in [0.25, 0.3) is 5.69 Å². The molecule has 0 radical (unpaired) electrons. The van der Waals surface area contributed by atoms with Crippen LogP contribution in [0, 0.1) is 0 Å². The largest absolute Gasteiger partial charge is 0.528 e. The van der Waals surface area contributed by atoms with Gasteiger partial charge in [-0.25, -0.2) is 4.79 Å². The van der Waals surface area contributed by atoms with Gasteiger partial charge in [0.15, 0.2) is 11.6 Å². The van der Waals surface area contributed by atoms with E-state index in [9.17, 15) is 4.79 Å². The molecule has 0 saturated heterocycles. The fourth-order valence-corrected chi connectivity index (χ4v) is 5.08. The lowest BCUT2D eigenvalue weighted by Gasteiger charge is -2.26. The van der Waals surface area contributed by atoms with Crippen molar-refractivity contribution in [3.8, 4) is 5.69 Å². The molecule has 0 amide bonds. The number of halogens is 1. The Morgan fingerprint density at radius 3 is 2.58 bits per heavy atom. The molecule has 1 fully saturated rings. The van der Waals surface area contributed by atoms with Crippen LogP contribution in [0.3, 0.4) is 0 Å². The molecule has 0 spiro atoms. The van der Waals surface area contributed by atoms with Crippen LogP contribution in [0.15, 0.2) is 22.7 Å². The van der Waals surface area contributed by atoms with Gasteiger partial charge in [0.2, 0.25) is 5.89 Å². The van der Waals surface area contributed by atoms with Crippen LogP contribution in [0.5, 0.6) is 0 Å². The van der Waals surface area contributed by atoms with Crippen LogP contribution in [0.2, 0.25) is 5.02 Å². The van der Waals surface area contributed by atoms with E-state index in [1.165, 1.54) is 0 Å². The third-order valence-corrected chi connectivity index (χ3v) is 6.77.